The van der Waals surface area contributed by atoms with E-state index in [0.29, 0.717) is 0 Å². The number of halogens is 3. The lowest BCUT2D eigenvalue weighted by molar-refractivity contribution is -0.137. The Morgan fingerprint density at radius 2 is 1.96 bits per heavy atom. The van der Waals surface area contributed by atoms with Crippen molar-refractivity contribution < 1.29 is 27.5 Å². The van der Waals surface area contributed by atoms with E-state index in [2.05, 4.69) is 5.32 Å². The van der Waals surface area contributed by atoms with Gasteiger partial charge in [-0.05, 0) is 29.7 Å². The molecule has 5 nitrogen and oxygen atoms in total. The Morgan fingerprint density at radius 1 is 1.21 bits per heavy atom. The average molecular weight is 412 g/mol. The highest BCUT2D eigenvalue weighted by molar-refractivity contribution is 7.10. The molecule has 1 aromatic heterocycles. The van der Waals surface area contributed by atoms with Crippen LogP contribution in [-0.2, 0) is 20.5 Å². The van der Waals surface area contributed by atoms with E-state index in [1.165, 1.54) is 47.6 Å². The van der Waals surface area contributed by atoms with Gasteiger partial charge in [-0.3, -0.25) is 9.59 Å². The molecular formula is C19H19F3N2O3S. The maximum absolute atomic E-state index is 13.1. The van der Waals surface area contributed by atoms with Crippen molar-refractivity contribution in [3.8, 4) is 0 Å². The molecule has 0 bridgehead atoms. The van der Waals surface area contributed by atoms with Crippen molar-refractivity contribution in [3.63, 3.8) is 0 Å². The molecule has 0 aliphatic heterocycles. The Bertz CT molecular complexity index is 820. The van der Waals surface area contributed by atoms with Gasteiger partial charge < -0.3 is 15.0 Å². The zero-order valence-electron chi connectivity index (χ0n) is 15.0. The van der Waals surface area contributed by atoms with Gasteiger partial charge >= 0.3 is 6.18 Å². The molecule has 2 rings (SSSR count). The second kappa shape index (κ2) is 10.0. The standard InChI is InChI=1S/C19H19F3N2O3S/c1-27-11-10-24(18(26)9-8-14-5-4-12-28-14)13-17(25)23-16-7-3-2-6-15(16)19(20,21)22/h2-9,12H,10-11,13H2,1H3,(H,23,25)/b9-8+. The molecule has 0 saturated heterocycles. The number of thiophene rings is 1. The van der Waals surface area contributed by atoms with Gasteiger partial charge in [0.1, 0.15) is 6.54 Å². The lowest BCUT2D eigenvalue weighted by Crippen LogP contribution is -2.39. The van der Waals surface area contributed by atoms with Gasteiger partial charge in [-0.25, -0.2) is 0 Å². The van der Waals surface area contributed by atoms with Crippen LogP contribution in [0.5, 0.6) is 0 Å². The molecule has 1 N–H and O–H groups in total. The molecule has 2 amide bonds. The SMILES string of the molecule is COCCN(CC(=O)Nc1ccccc1C(F)(F)F)C(=O)/C=C/c1cccs1. The summed E-state index contributed by atoms with van der Waals surface area (Å²) in [5.41, 5.74) is -1.30. The predicted molar refractivity (Wildman–Crippen MR) is 102 cm³/mol. The van der Waals surface area contributed by atoms with E-state index in [1.54, 1.807) is 6.08 Å². The van der Waals surface area contributed by atoms with E-state index in [9.17, 15) is 22.8 Å². The lowest BCUT2D eigenvalue weighted by atomic mass is 10.1. The third kappa shape index (κ3) is 6.50. The van der Waals surface area contributed by atoms with E-state index in [0.717, 1.165) is 10.9 Å². The zero-order chi connectivity index (χ0) is 20.6. The maximum atomic E-state index is 13.1. The molecule has 0 atom stereocenters. The van der Waals surface area contributed by atoms with Gasteiger partial charge in [0, 0.05) is 24.6 Å². The second-order valence-corrected chi connectivity index (χ2v) is 6.67. The van der Waals surface area contributed by atoms with Crippen molar-refractivity contribution in [1.82, 2.24) is 4.90 Å². The van der Waals surface area contributed by atoms with Crippen molar-refractivity contribution >= 4 is 34.9 Å². The molecule has 9 heteroatoms. The number of methoxy groups -OCH3 is 1. The highest BCUT2D eigenvalue weighted by Crippen LogP contribution is 2.34. The summed E-state index contributed by atoms with van der Waals surface area (Å²) >= 11 is 1.45. The Morgan fingerprint density at radius 3 is 2.61 bits per heavy atom. The summed E-state index contributed by atoms with van der Waals surface area (Å²) in [5, 5.41) is 4.09. The molecule has 28 heavy (non-hydrogen) atoms. The third-order valence-corrected chi connectivity index (χ3v) is 4.49. The molecule has 1 aromatic carbocycles. The fraction of sp³-hybridized carbons (Fsp3) is 0.263. The normalized spacial score (nSPS) is 11.6. The number of alkyl halides is 3. The van der Waals surface area contributed by atoms with Gasteiger partial charge in [0.05, 0.1) is 17.9 Å². The number of hydrogen-bond acceptors (Lipinski definition) is 4. The second-order valence-electron chi connectivity index (χ2n) is 5.69. The van der Waals surface area contributed by atoms with Gasteiger partial charge in [-0.1, -0.05) is 18.2 Å². The number of benzene rings is 1. The van der Waals surface area contributed by atoms with Gasteiger partial charge in [0.2, 0.25) is 11.8 Å². The van der Waals surface area contributed by atoms with Crippen molar-refractivity contribution in [2.75, 3.05) is 32.1 Å². The summed E-state index contributed by atoms with van der Waals surface area (Å²) in [6, 6.07) is 8.34. The van der Waals surface area contributed by atoms with Crippen LogP contribution in [0.1, 0.15) is 10.4 Å². The minimum absolute atomic E-state index is 0.123. The highest BCUT2D eigenvalue weighted by atomic mass is 32.1. The van der Waals surface area contributed by atoms with Crippen LogP contribution < -0.4 is 5.32 Å². The Kier molecular flexibility index (Phi) is 7.77. The van der Waals surface area contributed by atoms with E-state index in [-0.39, 0.29) is 18.8 Å². The monoisotopic (exact) mass is 412 g/mol. The molecular weight excluding hydrogens is 393 g/mol. The van der Waals surface area contributed by atoms with Gasteiger partial charge in [-0.15, -0.1) is 11.3 Å². The fourth-order valence-electron chi connectivity index (χ4n) is 2.32. The number of amides is 2. The number of para-hydroxylation sites is 1. The van der Waals surface area contributed by atoms with Crippen LogP contribution in [0, 0.1) is 0 Å². The van der Waals surface area contributed by atoms with Crippen molar-refractivity contribution in [3.05, 3.63) is 58.3 Å². The minimum Gasteiger partial charge on any atom is -0.383 e. The number of carbonyl (C=O) groups is 2. The van der Waals surface area contributed by atoms with Crippen LogP contribution in [-0.4, -0.2) is 43.5 Å². The van der Waals surface area contributed by atoms with Crippen molar-refractivity contribution in [1.29, 1.82) is 0 Å². The van der Waals surface area contributed by atoms with E-state index in [4.69, 9.17) is 4.74 Å². The van der Waals surface area contributed by atoms with Crippen LogP contribution in [0.25, 0.3) is 6.08 Å². The fourth-order valence-corrected chi connectivity index (χ4v) is 2.93. The predicted octanol–water partition coefficient (Wildman–Crippen LogP) is 3.89. The van der Waals surface area contributed by atoms with Crippen LogP contribution >= 0.6 is 11.3 Å². The maximum Gasteiger partial charge on any atom is 0.418 e. The van der Waals surface area contributed by atoms with Crippen molar-refractivity contribution in [2.45, 2.75) is 6.18 Å². The number of hydrogen-bond donors (Lipinski definition) is 1. The van der Waals surface area contributed by atoms with Gasteiger partial charge in [-0.2, -0.15) is 13.2 Å². The number of ether oxygens (including phenoxy) is 1. The number of anilines is 1. The number of nitrogens with zero attached hydrogens (tertiary/aromatic N) is 1. The van der Waals surface area contributed by atoms with Crippen LogP contribution in [0.3, 0.4) is 0 Å². The van der Waals surface area contributed by atoms with Gasteiger partial charge in [0.25, 0.3) is 0 Å². The first-order chi connectivity index (χ1) is 13.3. The molecule has 2 aromatic rings. The van der Waals surface area contributed by atoms with E-state index < -0.39 is 30.1 Å². The van der Waals surface area contributed by atoms with E-state index in [1.807, 2.05) is 17.5 Å². The van der Waals surface area contributed by atoms with Crippen LogP contribution in [0.15, 0.2) is 47.9 Å². The third-order valence-electron chi connectivity index (χ3n) is 3.65. The average Bonchev–Trinajstić information content (AvgIpc) is 3.16. The molecule has 0 fully saturated rings. The first-order valence-electron chi connectivity index (χ1n) is 8.26. The molecule has 1 heterocycles. The highest BCUT2D eigenvalue weighted by Gasteiger charge is 2.33. The van der Waals surface area contributed by atoms with Crippen molar-refractivity contribution in [2.24, 2.45) is 0 Å². The summed E-state index contributed by atoms with van der Waals surface area (Å²) < 4.78 is 44.1. The molecule has 0 aliphatic carbocycles. The molecule has 150 valence electrons. The summed E-state index contributed by atoms with van der Waals surface area (Å²) in [7, 11) is 1.45. The Labute approximate surface area is 164 Å². The number of rotatable bonds is 8. The largest absolute Gasteiger partial charge is 0.418 e. The first kappa shape index (κ1) is 21.6. The topological polar surface area (TPSA) is 58.6 Å². The molecule has 0 radical (unpaired) electrons. The first-order valence-corrected chi connectivity index (χ1v) is 9.14. The lowest BCUT2D eigenvalue weighted by Gasteiger charge is -2.21. The summed E-state index contributed by atoms with van der Waals surface area (Å²) in [4.78, 5) is 26.7. The molecule has 0 spiro atoms. The quantitative estimate of drug-likeness (QED) is 0.669. The smallest absolute Gasteiger partial charge is 0.383 e. The number of nitrogens with one attached hydrogen (secondary N) is 1. The zero-order valence-corrected chi connectivity index (χ0v) is 15.8. The number of carbonyl (C=O) groups excluding carboxylic acids is 2. The van der Waals surface area contributed by atoms with E-state index >= 15 is 0 Å². The summed E-state index contributed by atoms with van der Waals surface area (Å²) in [5.74, 6) is -1.17. The Balaban J connectivity index is 2.07. The van der Waals surface area contributed by atoms with Crippen LogP contribution in [0.2, 0.25) is 0 Å². The van der Waals surface area contributed by atoms with Gasteiger partial charge in [0.15, 0.2) is 0 Å². The minimum atomic E-state index is -4.60. The summed E-state index contributed by atoms with van der Waals surface area (Å²) in [6.07, 6.45) is -1.67. The molecule has 0 aliphatic rings. The molecule has 0 unspecified atom stereocenters. The summed E-state index contributed by atoms with van der Waals surface area (Å²) in [6.45, 7) is -0.0907. The van der Waals surface area contributed by atoms with Crippen LogP contribution in [0.4, 0.5) is 18.9 Å². The Hall–Kier alpha value is -2.65. The molecule has 0 saturated carbocycles.